The number of hydrogen-bond acceptors (Lipinski definition) is 0. The highest BCUT2D eigenvalue weighted by Crippen LogP contribution is 2.28. The van der Waals surface area contributed by atoms with Crippen LogP contribution < -0.4 is 0 Å². The summed E-state index contributed by atoms with van der Waals surface area (Å²) in [5.74, 6) is 0.376. The highest BCUT2D eigenvalue weighted by Gasteiger charge is 2.16. The predicted octanol–water partition coefficient (Wildman–Crippen LogP) is 1.77. The van der Waals surface area contributed by atoms with E-state index in [1.54, 1.807) is 0 Å². The van der Waals surface area contributed by atoms with Gasteiger partial charge in [-0.2, -0.15) is 0 Å². The van der Waals surface area contributed by atoms with Crippen molar-refractivity contribution in [2.45, 2.75) is 32.0 Å². The molecule has 0 aliphatic heterocycles. The van der Waals surface area contributed by atoms with E-state index < -0.39 is 0 Å². The molecule has 0 saturated heterocycles. The Morgan fingerprint density at radius 3 is 3.27 bits per heavy atom. The van der Waals surface area contributed by atoms with Crippen molar-refractivity contribution in [1.82, 2.24) is 4.98 Å². The summed E-state index contributed by atoms with van der Waals surface area (Å²) in [7, 11) is 5.84. The molecule has 0 bridgehead atoms. The first-order valence-corrected chi connectivity index (χ1v) is 4.18. The second-order valence-electron chi connectivity index (χ2n) is 3.43. The molecule has 1 nitrogen and oxygen atoms in total. The molecule has 2 rings (SSSR count). The monoisotopic (exact) mass is 145 g/mol. The van der Waals surface area contributed by atoms with Crippen LogP contribution in [-0.2, 0) is 12.8 Å². The van der Waals surface area contributed by atoms with E-state index in [0.717, 1.165) is 19.3 Å². The number of aromatic amines is 1. The van der Waals surface area contributed by atoms with Crippen LogP contribution in [0.5, 0.6) is 0 Å². The number of fused-ring (bicyclic) bond motifs is 1. The molecule has 0 amide bonds. The molecule has 0 saturated carbocycles. The number of nitrogens with one attached hydrogen (secondary N) is 1. The number of hydrogen-bond donors (Lipinski definition) is 1. The lowest BCUT2D eigenvalue weighted by Gasteiger charge is -2.18. The van der Waals surface area contributed by atoms with Gasteiger partial charge < -0.3 is 4.98 Å². The predicted molar refractivity (Wildman–Crippen MR) is 47.1 cm³/mol. The molecule has 11 heavy (non-hydrogen) atoms. The van der Waals surface area contributed by atoms with Gasteiger partial charge in [-0.3, -0.25) is 0 Å². The summed E-state index contributed by atoms with van der Waals surface area (Å²) in [6.45, 7) is 2.16. The minimum Gasteiger partial charge on any atom is -0.365 e. The molecule has 1 atom stereocenters. The fourth-order valence-corrected chi connectivity index (χ4v) is 1.83. The first-order valence-electron chi connectivity index (χ1n) is 4.18. The van der Waals surface area contributed by atoms with E-state index in [4.69, 9.17) is 7.85 Å². The van der Waals surface area contributed by atoms with Crippen LogP contribution in [0.4, 0.5) is 0 Å². The van der Waals surface area contributed by atoms with Crippen LogP contribution in [0, 0.1) is 6.92 Å². The lowest BCUT2D eigenvalue weighted by atomic mass is 9.75. The zero-order valence-electron chi connectivity index (χ0n) is 6.85. The first-order chi connectivity index (χ1) is 5.27. The lowest BCUT2D eigenvalue weighted by molar-refractivity contribution is 0.673. The fourth-order valence-electron chi connectivity index (χ4n) is 1.83. The summed E-state index contributed by atoms with van der Waals surface area (Å²) in [5, 5.41) is 0. The largest absolute Gasteiger partial charge is 0.365 e. The van der Waals surface area contributed by atoms with Crippen molar-refractivity contribution in [3.05, 3.63) is 23.0 Å². The summed E-state index contributed by atoms with van der Waals surface area (Å²) in [5.41, 5.74) is 4.26. The Morgan fingerprint density at radius 1 is 1.64 bits per heavy atom. The smallest absolute Gasteiger partial charge is 0.0704 e. The van der Waals surface area contributed by atoms with Gasteiger partial charge in [0.25, 0.3) is 0 Å². The van der Waals surface area contributed by atoms with E-state index in [-0.39, 0.29) is 0 Å². The van der Waals surface area contributed by atoms with Crippen LogP contribution >= 0.6 is 0 Å². The van der Waals surface area contributed by atoms with E-state index >= 15 is 0 Å². The second kappa shape index (κ2) is 2.44. The molecule has 1 aliphatic carbocycles. The molecular weight excluding hydrogens is 133 g/mol. The maximum absolute atomic E-state index is 5.84. The lowest BCUT2D eigenvalue weighted by Crippen LogP contribution is -2.08. The van der Waals surface area contributed by atoms with Crippen LogP contribution in [-0.4, -0.2) is 12.8 Å². The molecule has 1 aromatic heterocycles. The maximum Gasteiger partial charge on any atom is 0.0704 e. The molecule has 56 valence electrons. The molecule has 0 spiro atoms. The molecule has 1 unspecified atom stereocenters. The van der Waals surface area contributed by atoms with Crippen molar-refractivity contribution in [3.8, 4) is 0 Å². The summed E-state index contributed by atoms with van der Waals surface area (Å²) >= 11 is 0. The van der Waals surface area contributed by atoms with Crippen molar-refractivity contribution in [1.29, 1.82) is 0 Å². The van der Waals surface area contributed by atoms with Crippen LogP contribution in [0.3, 0.4) is 0 Å². The topological polar surface area (TPSA) is 15.8 Å². The van der Waals surface area contributed by atoms with Gasteiger partial charge in [0, 0.05) is 11.9 Å². The second-order valence-corrected chi connectivity index (χ2v) is 3.43. The highest BCUT2D eigenvalue weighted by molar-refractivity contribution is 6.11. The van der Waals surface area contributed by atoms with Crippen molar-refractivity contribution in [2.75, 3.05) is 0 Å². The number of aromatic nitrogens is 1. The third-order valence-corrected chi connectivity index (χ3v) is 2.53. The molecule has 1 aliphatic rings. The number of aryl methyl sites for hydroxylation is 1. The zero-order chi connectivity index (χ0) is 7.84. The minimum atomic E-state index is 0.376. The van der Waals surface area contributed by atoms with Crippen LogP contribution in [0.15, 0.2) is 6.20 Å². The quantitative estimate of drug-likeness (QED) is 0.535. The molecule has 1 heterocycles. The molecule has 0 aromatic carbocycles. The Hall–Kier alpha value is -0.655. The Labute approximate surface area is 68.6 Å². The summed E-state index contributed by atoms with van der Waals surface area (Å²) in [6.07, 6.45) is 5.42. The number of rotatable bonds is 0. The fraction of sp³-hybridized carbons (Fsp3) is 0.556. The molecule has 0 fully saturated rings. The third kappa shape index (κ3) is 1.11. The summed E-state index contributed by atoms with van der Waals surface area (Å²) in [6, 6.07) is 0. The standard InChI is InChI=1S/C9H12BN/c1-6-5-11-9-4-7(10)2-3-8(6)9/h5,7,11H,2-4H2,1H3. The maximum atomic E-state index is 5.84. The van der Waals surface area contributed by atoms with Gasteiger partial charge in [0.1, 0.15) is 0 Å². The minimum absolute atomic E-state index is 0.376. The Bertz CT molecular complexity index is 265. The van der Waals surface area contributed by atoms with Gasteiger partial charge in [-0.25, -0.2) is 0 Å². The van der Waals surface area contributed by atoms with Gasteiger partial charge >= 0.3 is 0 Å². The van der Waals surface area contributed by atoms with Gasteiger partial charge in [-0.15, -0.1) is 0 Å². The zero-order valence-corrected chi connectivity index (χ0v) is 6.85. The van der Waals surface area contributed by atoms with Gasteiger partial charge in [-0.1, -0.05) is 12.2 Å². The third-order valence-electron chi connectivity index (χ3n) is 2.53. The Morgan fingerprint density at radius 2 is 2.45 bits per heavy atom. The molecular formula is C9H12BN. The van der Waals surface area contributed by atoms with Gasteiger partial charge in [0.15, 0.2) is 0 Å². The normalized spacial score (nSPS) is 23.2. The van der Waals surface area contributed by atoms with Crippen LogP contribution in [0.1, 0.15) is 23.2 Å². The van der Waals surface area contributed by atoms with E-state index in [2.05, 4.69) is 18.1 Å². The Balaban J connectivity index is 2.36. The molecule has 2 radical (unpaired) electrons. The molecule has 2 heteroatoms. The first kappa shape index (κ1) is 7.02. The van der Waals surface area contributed by atoms with Crippen molar-refractivity contribution in [2.24, 2.45) is 0 Å². The van der Waals surface area contributed by atoms with Crippen LogP contribution in [0.25, 0.3) is 0 Å². The van der Waals surface area contributed by atoms with E-state index in [9.17, 15) is 0 Å². The SMILES string of the molecule is [B]C1CCc2c(C)c[nH]c2C1. The summed E-state index contributed by atoms with van der Waals surface area (Å²) in [4.78, 5) is 3.28. The van der Waals surface area contributed by atoms with Gasteiger partial charge in [0.05, 0.1) is 7.85 Å². The van der Waals surface area contributed by atoms with Gasteiger partial charge in [-0.05, 0) is 30.9 Å². The van der Waals surface area contributed by atoms with E-state index in [1.165, 1.54) is 16.8 Å². The molecule has 1 aromatic rings. The average Bonchev–Trinajstić information content (AvgIpc) is 2.32. The number of H-pyrrole nitrogens is 1. The van der Waals surface area contributed by atoms with Crippen LogP contribution in [0.2, 0.25) is 5.82 Å². The van der Waals surface area contributed by atoms with Gasteiger partial charge in [0.2, 0.25) is 0 Å². The summed E-state index contributed by atoms with van der Waals surface area (Å²) < 4.78 is 0. The Kier molecular flexibility index (Phi) is 1.55. The van der Waals surface area contributed by atoms with Crippen molar-refractivity contribution < 1.29 is 0 Å². The van der Waals surface area contributed by atoms with Crippen molar-refractivity contribution >= 4 is 7.85 Å². The van der Waals surface area contributed by atoms with Crippen molar-refractivity contribution in [3.63, 3.8) is 0 Å². The highest BCUT2D eigenvalue weighted by atomic mass is 14.7. The van der Waals surface area contributed by atoms with E-state index in [0.29, 0.717) is 5.82 Å². The molecule has 1 N–H and O–H groups in total. The van der Waals surface area contributed by atoms with E-state index in [1.807, 2.05) is 0 Å². The average molecular weight is 145 g/mol.